The molecule has 0 saturated heterocycles. The van der Waals surface area contributed by atoms with Crippen molar-refractivity contribution in [3.8, 4) is 0 Å². The molecule has 1 aromatic rings. The van der Waals surface area contributed by atoms with Crippen molar-refractivity contribution >= 4 is 5.91 Å². The van der Waals surface area contributed by atoms with Gasteiger partial charge in [-0.25, -0.2) is 4.68 Å². The second kappa shape index (κ2) is 5.43. The number of rotatable bonds is 4. The highest BCUT2D eigenvalue weighted by Gasteiger charge is 2.38. The van der Waals surface area contributed by atoms with Crippen LogP contribution in [0.1, 0.15) is 32.6 Å². The number of hydrogen-bond donors (Lipinski definition) is 2. The van der Waals surface area contributed by atoms with Crippen molar-refractivity contribution in [3.05, 3.63) is 6.33 Å². The lowest BCUT2D eigenvalue weighted by molar-refractivity contribution is -0.124. The highest BCUT2D eigenvalue weighted by Crippen LogP contribution is 2.32. The molecule has 2 atom stereocenters. The van der Waals surface area contributed by atoms with E-state index >= 15 is 0 Å². The van der Waals surface area contributed by atoms with Crippen LogP contribution < -0.4 is 11.1 Å². The molecule has 7 nitrogen and oxygen atoms in total. The summed E-state index contributed by atoms with van der Waals surface area (Å²) in [5.41, 5.74) is 5.63. The summed E-state index contributed by atoms with van der Waals surface area (Å²) < 4.78 is 1.41. The summed E-state index contributed by atoms with van der Waals surface area (Å²) >= 11 is 0. The van der Waals surface area contributed by atoms with E-state index in [0.717, 1.165) is 19.3 Å². The number of tetrazole rings is 1. The molecule has 1 fully saturated rings. The van der Waals surface area contributed by atoms with Crippen LogP contribution in [0, 0.1) is 5.92 Å². The summed E-state index contributed by atoms with van der Waals surface area (Å²) in [5, 5.41) is 13.8. The lowest BCUT2D eigenvalue weighted by Gasteiger charge is -2.42. The molecule has 0 spiro atoms. The quantitative estimate of drug-likeness (QED) is 0.766. The van der Waals surface area contributed by atoms with E-state index in [-0.39, 0.29) is 18.0 Å². The number of aromatic nitrogens is 4. The average molecular weight is 252 g/mol. The third-order valence-electron chi connectivity index (χ3n) is 3.90. The van der Waals surface area contributed by atoms with Crippen LogP contribution in [0.4, 0.5) is 0 Å². The van der Waals surface area contributed by atoms with E-state index in [0.29, 0.717) is 12.5 Å². The lowest BCUT2D eigenvalue weighted by atomic mass is 9.73. The van der Waals surface area contributed by atoms with E-state index < -0.39 is 0 Å². The molecule has 0 aliphatic heterocycles. The number of nitrogens with zero attached hydrogens (tertiary/aromatic N) is 4. The Morgan fingerprint density at radius 1 is 1.61 bits per heavy atom. The van der Waals surface area contributed by atoms with E-state index in [1.54, 1.807) is 0 Å². The van der Waals surface area contributed by atoms with Crippen molar-refractivity contribution in [2.45, 2.75) is 44.7 Å². The first-order valence-electron chi connectivity index (χ1n) is 6.38. The molecule has 7 heteroatoms. The molecule has 0 aromatic carbocycles. The van der Waals surface area contributed by atoms with E-state index in [9.17, 15) is 4.79 Å². The molecule has 3 N–H and O–H groups in total. The summed E-state index contributed by atoms with van der Waals surface area (Å²) in [4.78, 5) is 12.0. The van der Waals surface area contributed by atoms with E-state index in [1.807, 2.05) is 0 Å². The summed E-state index contributed by atoms with van der Waals surface area (Å²) in [6, 6.07) is 0. The first-order chi connectivity index (χ1) is 8.66. The van der Waals surface area contributed by atoms with Crippen LogP contribution in [-0.4, -0.2) is 38.2 Å². The number of carbonyl (C=O) groups is 1. The molecule has 100 valence electrons. The molecule has 0 radical (unpaired) electrons. The third-order valence-corrected chi connectivity index (χ3v) is 3.90. The fourth-order valence-electron chi connectivity index (χ4n) is 2.67. The first-order valence-corrected chi connectivity index (χ1v) is 6.38. The van der Waals surface area contributed by atoms with Crippen LogP contribution in [-0.2, 0) is 11.3 Å². The maximum absolute atomic E-state index is 12.0. The van der Waals surface area contributed by atoms with E-state index in [1.165, 1.54) is 17.4 Å². The summed E-state index contributed by atoms with van der Waals surface area (Å²) in [6.45, 7) is 2.78. The Bertz CT molecular complexity index is 392. The minimum absolute atomic E-state index is 0.0819. The van der Waals surface area contributed by atoms with Gasteiger partial charge in [-0.15, -0.1) is 5.10 Å². The van der Waals surface area contributed by atoms with Crippen molar-refractivity contribution in [1.29, 1.82) is 0 Å². The molecule has 1 aromatic heterocycles. The van der Waals surface area contributed by atoms with E-state index in [4.69, 9.17) is 5.73 Å². The van der Waals surface area contributed by atoms with Gasteiger partial charge in [0.05, 0.1) is 5.54 Å². The van der Waals surface area contributed by atoms with Gasteiger partial charge in [0.25, 0.3) is 0 Å². The summed E-state index contributed by atoms with van der Waals surface area (Å²) in [5.74, 6) is 0.329. The molecule has 0 bridgehead atoms. The predicted molar refractivity (Wildman–Crippen MR) is 65.4 cm³/mol. The van der Waals surface area contributed by atoms with Crippen LogP contribution in [0.25, 0.3) is 0 Å². The van der Waals surface area contributed by atoms with Crippen molar-refractivity contribution in [3.63, 3.8) is 0 Å². The van der Waals surface area contributed by atoms with Crippen LogP contribution in [0.3, 0.4) is 0 Å². The Kier molecular flexibility index (Phi) is 3.90. The molecule has 1 amide bonds. The topological polar surface area (TPSA) is 98.7 Å². The number of nitrogens with two attached hydrogens (primary N) is 1. The van der Waals surface area contributed by atoms with Crippen molar-refractivity contribution < 1.29 is 4.79 Å². The van der Waals surface area contributed by atoms with Gasteiger partial charge in [0.1, 0.15) is 12.9 Å². The zero-order valence-corrected chi connectivity index (χ0v) is 10.7. The fourth-order valence-corrected chi connectivity index (χ4v) is 2.67. The smallest absolute Gasteiger partial charge is 0.242 e. The molecule has 18 heavy (non-hydrogen) atoms. The Hall–Kier alpha value is -1.50. The van der Waals surface area contributed by atoms with Crippen LogP contribution >= 0.6 is 0 Å². The Balaban J connectivity index is 1.99. The molecule has 1 saturated carbocycles. The van der Waals surface area contributed by atoms with Crippen LogP contribution in [0.15, 0.2) is 6.33 Å². The Labute approximate surface area is 106 Å². The molecule has 1 aliphatic carbocycles. The number of amides is 1. The molecular formula is C11H20N6O. The van der Waals surface area contributed by atoms with Gasteiger partial charge in [0.2, 0.25) is 5.91 Å². The maximum atomic E-state index is 12.0. The van der Waals surface area contributed by atoms with Gasteiger partial charge in [-0.05, 0) is 29.2 Å². The molecule has 1 aliphatic rings. The number of hydrogen-bond acceptors (Lipinski definition) is 5. The molecule has 1 heterocycles. The van der Waals surface area contributed by atoms with Gasteiger partial charge in [0.15, 0.2) is 0 Å². The second-order valence-electron chi connectivity index (χ2n) is 5.06. The van der Waals surface area contributed by atoms with Crippen LogP contribution in [0.2, 0.25) is 0 Å². The number of nitrogens with one attached hydrogen (secondary N) is 1. The van der Waals surface area contributed by atoms with Gasteiger partial charge in [0, 0.05) is 6.54 Å². The lowest BCUT2D eigenvalue weighted by Crippen LogP contribution is -2.59. The number of carbonyl (C=O) groups excluding carboxylic acids is 1. The largest absolute Gasteiger partial charge is 0.348 e. The Morgan fingerprint density at radius 3 is 3.06 bits per heavy atom. The molecular weight excluding hydrogens is 232 g/mol. The van der Waals surface area contributed by atoms with Gasteiger partial charge >= 0.3 is 0 Å². The Morgan fingerprint density at radius 2 is 2.44 bits per heavy atom. The first kappa shape index (κ1) is 12.9. The summed E-state index contributed by atoms with van der Waals surface area (Å²) in [6.07, 6.45) is 5.83. The third kappa shape index (κ3) is 2.66. The van der Waals surface area contributed by atoms with Gasteiger partial charge < -0.3 is 11.1 Å². The monoisotopic (exact) mass is 252 g/mol. The maximum Gasteiger partial charge on any atom is 0.242 e. The minimum Gasteiger partial charge on any atom is -0.348 e. The SMILES string of the molecule is CC1CCCCC1(CN)NC(=O)Cn1cnnn1. The van der Waals surface area contributed by atoms with Gasteiger partial charge in [-0.3, -0.25) is 4.79 Å². The van der Waals surface area contributed by atoms with E-state index in [2.05, 4.69) is 27.8 Å². The second-order valence-corrected chi connectivity index (χ2v) is 5.06. The van der Waals surface area contributed by atoms with Gasteiger partial charge in [-0.2, -0.15) is 0 Å². The van der Waals surface area contributed by atoms with Crippen molar-refractivity contribution in [2.24, 2.45) is 11.7 Å². The molecule has 2 rings (SSSR count). The predicted octanol–water partition coefficient (Wildman–Crippen LogP) is -0.303. The summed E-state index contributed by atoms with van der Waals surface area (Å²) in [7, 11) is 0. The standard InChI is InChI=1S/C11H20N6O/c1-9-4-2-3-5-11(9,7-12)14-10(18)6-17-8-13-15-16-17/h8-9H,2-7,12H2,1H3,(H,14,18). The van der Waals surface area contributed by atoms with Crippen LogP contribution in [0.5, 0.6) is 0 Å². The average Bonchev–Trinajstić information content (AvgIpc) is 2.85. The highest BCUT2D eigenvalue weighted by molar-refractivity contribution is 5.76. The normalized spacial score (nSPS) is 28.0. The van der Waals surface area contributed by atoms with Gasteiger partial charge in [-0.1, -0.05) is 19.8 Å². The van der Waals surface area contributed by atoms with Crippen molar-refractivity contribution in [1.82, 2.24) is 25.5 Å². The fraction of sp³-hybridized carbons (Fsp3) is 0.818. The molecule has 2 unspecified atom stereocenters. The van der Waals surface area contributed by atoms with Crippen molar-refractivity contribution in [2.75, 3.05) is 6.54 Å². The zero-order chi connectivity index (χ0) is 13.0. The highest BCUT2D eigenvalue weighted by atomic mass is 16.2. The minimum atomic E-state index is -0.261. The zero-order valence-electron chi connectivity index (χ0n) is 10.7.